The maximum absolute atomic E-state index is 12.4. The third-order valence-corrected chi connectivity index (χ3v) is 5.12. The van der Waals surface area contributed by atoms with Crippen molar-refractivity contribution in [2.45, 2.75) is 20.3 Å². The molecule has 1 aromatic carbocycles. The highest BCUT2D eigenvalue weighted by atomic mass is 16.1. The normalized spacial score (nSPS) is 11.2. The Labute approximate surface area is 172 Å². The van der Waals surface area contributed by atoms with Crippen molar-refractivity contribution in [2.24, 2.45) is 0 Å². The Morgan fingerprint density at radius 2 is 1.83 bits per heavy atom. The number of nitrogens with zero attached hydrogens (tertiary/aromatic N) is 4. The fourth-order valence-electron chi connectivity index (χ4n) is 3.39. The van der Waals surface area contributed by atoms with Gasteiger partial charge in [0.05, 0.1) is 5.39 Å². The molecule has 0 aliphatic rings. The summed E-state index contributed by atoms with van der Waals surface area (Å²) in [5.41, 5.74) is 3.43. The Balaban J connectivity index is 1.65. The molecule has 0 saturated heterocycles. The van der Waals surface area contributed by atoms with Crippen molar-refractivity contribution in [3.8, 4) is 11.3 Å². The molecule has 1 amide bonds. The van der Waals surface area contributed by atoms with Crippen molar-refractivity contribution in [1.29, 1.82) is 0 Å². The summed E-state index contributed by atoms with van der Waals surface area (Å²) < 4.78 is 0. The first-order valence-corrected chi connectivity index (χ1v) is 10.2. The zero-order valence-corrected chi connectivity index (χ0v) is 17.7. The average molecular weight is 395 g/mol. The van der Waals surface area contributed by atoms with Gasteiger partial charge in [0, 0.05) is 31.9 Å². The molecule has 2 aromatic heterocycles. The second kappa shape index (κ2) is 9.52. The van der Waals surface area contributed by atoms with Crippen LogP contribution in [0.5, 0.6) is 0 Å². The van der Waals surface area contributed by atoms with Gasteiger partial charge in [-0.25, -0.2) is 9.97 Å². The van der Waals surface area contributed by atoms with Crippen LogP contribution in [0, 0.1) is 0 Å². The van der Waals surface area contributed by atoms with Gasteiger partial charge >= 0.3 is 0 Å². The molecule has 0 bridgehead atoms. The summed E-state index contributed by atoms with van der Waals surface area (Å²) in [5, 5.41) is 3.98. The number of benzene rings is 1. The quantitative estimate of drug-likeness (QED) is 0.545. The lowest BCUT2D eigenvalue weighted by molar-refractivity contribution is 0.0952. The molecule has 0 radical (unpaired) electrons. The highest BCUT2D eigenvalue weighted by Crippen LogP contribution is 2.27. The van der Waals surface area contributed by atoms with Crippen LogP contribution in [-0.2, 0) is 0 Å². The smallest absolute Gasteiger partial charge is 0.251 e. The molecule has 7 heteroatoms. The van der Waals surface area contributed by atoms with E-state index in [4.69, 9.17) is 0 Å². The van der Waals surface area contributed by atoms with E-state index < -0.39 is 0 Å². The predicted octanol–water partition coefficient (Wildman–Crippen LogP) is 3.15. The summed E-state index contributed by atoms with van der Waals surface area (Å²) in [5.74, 6) is 0.840. The molecule has 0 aliphatic carbocycles. The molecule has 0 aliphatic heterocycles. The fraction of sp³-hybridized carbons (Fsp3) is 0.409. The number of nitrogens with one attached hydrogen (secondary N) is 2. The molecule has 3 rings (SSSR count). The Hall–Kier alpha value is -2.93. The molecule has 7 nitrogen and oxygen atoms in total. The molecule has 2 N–H and O–H groups in total. The number of amides is 1. The van der Waals surface area contributed by atoms with Crippen LogP contribution in [0.3, 0.4) is 0 Å². The van der Waals surface area contributed by atoms with Crippen molar-refractivity contribution < 1.29 is 4.79 Å². The SMILES string of the molecule is CCN(CC)CCCNC(=O)c1ccc(-c2cc3c(N(C)C)ncnc3[nH]2)cc1. The first-order valence-electron chi connectivity index (χ1n) is 10.2. The maximum atomic E-state index is 12.4. The van der Waals surface area contributed by atoms with Gasteiger partial charge in [0.1, 0.15) is 17.8 Å². The summed E-state index contributed by atoms with van der Waals surface area (Å²) in [4.78, 5) is 28.7. The molecule has 0 spiro atoms. The van der Waals surface area contributed by atoms with Gasteiger partial charge in [-0.05, 0) is 49.8 Å². The minimum Gasteiger partial charge on any atom is -0.362 e. The molecule has 2 heterocycles. The van der Waals surface area contributed by atoms with Crippen molar-refractivity contribution in [3.05, 3.63) is 42.2 Å². The van der Waals surface area contributed by atoms with Crippen LogP contribution >= 0.6 is 0 Å². The van der Waals surface area contributed by atoms with Gasteiger partial charge in [-0.2, -0.15) is 0 Å². The first kappa shape index (κ1) is 20.8. The highest BCUT2D eigenvalue weighted by molar-refractivity contribution is 5.95. The lowest BCUT2D eigenvalue weighted by Crippen LogP contribution is -2.29. The number of hydrogen-bond donors (Lipinski definition) is 2. The summed E-state index contributed by atoms with van der Waals surface area (Å²) >= 11 is 0. The second-order valence-electron chi connectivity index (χ2n) is 7.25. The molecular formula is C22H30N6O. The summed E-state index contributed by atoms with van der Waals surface area (Å²) in [7, 11) is 3.92. The van der Waals surface area contributed by atoms with Gasteiger partial charge in [0.25, 0.3) is 5.91 Å². The van der Waals surface area contributed by atoms with E-state index in [-0.39, 0.29) is 5.91 Å². The zero-order valence-electron chi connectivity index (χ0n) is 17.7. The third kappa shape index (κ3) is 4.92. The van der Waals surface area contributed by atoms with Crippen LogP contribution in [-0.4, -0.2) is 66.0 Å². The van der Waals surface area contributed by atoms with E-state index in [1.165, 1.54) is 0 Å². The fourth-order valence-corrected chi connectivity index (χ4v) is 3.39. The Bertz CT molecular complexity index is 944. The largest absolute Gasteiger partial charge is 0.362 e. The van der Waals surface area contributed by atoms with Gasteiger partial charge < -0.3 is 20.1 Å². The Morgan fingerprint density at radius 1 is 1.10 bits per heavy atom. The van der Waals surface area contributed by atoms with Crippen LogP contribution in [0.4, 0.5) is 5.82 Å². The van der Waals surface area contributed by atoms with Crippen molar-refractivity contribution in [3.63, 3.8) is 0 Å². The number of hydrogen-bond acceptors (Lipinski definition) is 5. The maximum Gasteiger partial charge on any atom is 0.251 e. The molecule has 3 aromatic rings. The topological polar surface area (TPSA) is 77.2 Å². The van der Waals surface area contributed by atoms with Gasteiger partial charge in [-0.3, -0.25) is 4.79 Å². The molecule has 0 saturated carbocycles. The Kier molecular flexibility index (Phi) is 6.82. The Morgan fingerprint density at radius 3 is 2.48 bits per heavy atom. The molecular weight excluding hydrogens is 364 g/mol. The van der Waals surface area contributed by atoms with E-state index in [1.807, 2.05) is 49.3 Å². The van der Waals surface area contributed by atoms with E-state index in [0.717, 1.165) is 54.2 Å². The number of carbonyl (C=O) groups excluding carboxylic acids is 1. The number of aromatic nitrogens is 3. The average Bonchev–Trinajstić information content (AvgIpc) is 3.18. The molecule has 0 unspecified atom stereocenters. The van der Waals surface area contributed by atoms with E-state index in [0.29, 0.717) is 12.1 Å². The molecule has 0 fully saturated rings. The number of rotatable bonds is 9. The third-order valence-electron chi connectivity index (χ3n) is 5.12. The molecule has 0 atom stereocenters. The van der Waals surface area contributed by atoms with E-state index >= 15 is 0 Å². The summed E-state index contributed by atoms with van der Waals surface area (Å²) in [6.07, 6.45) is 2.52. The molecule has 154 valence electrons. The van der Waals surface area contributed by atoms with Gasteiger partial charge in [-0.15, -0.1) is 0 Å². The lowest BCUT2D eigenvalue weighted by atomic mass is 10.1. The van der Waals surface area contributed by atoms with Crippen LogP contribution in [0.2, 0.25) is 0 Å². The van der Waals surface area contributed by atoms with Crippen molar-refractivity contribution in [2.75, 3.05) is 45.2 Å². The van der Waals surface area contributed by atoms with E-state index in [1.54, 1.807) is 6.33 Å². The van der Waals surface area contributed by atoms with Crippen LogP contribution in [0.1, 0.15) is 30.6 Å². The lowest BCUT2D eigenvalue weighted by Gasteiger charge is -2.17. The van der Waals surface area contributed by atoms with Crippen LogP contribution < -0.4 is 10.2 Å². The van der Waals surface area contributed by atoms with E-state index in [9.17, 15) is 4.79 Å². The van der Waals surface area contributed by atoms with E-state index in [2.05, 4.69) is 39.0 Å². The number of aromatic amines is 1. The summed E-state index contributed by atoms with van der Waals surface area (Å²) in [6.45, 7) is 8.09. The van der Waals surface area contributed by atoms with Gasteiger partial charge in [0.2, 0.25) is 0 Å². The number of carbonyl (C=O) groups is 1. The zero-order chi connectivity index (χ0) is 20.8. The minimum atomic E-state index is -0.0338. The summed E-state index contributed by atoms with van der Waals surface area (Å²) in [6, 6.07) is 9.68. The number of H-pyrrole nitrogens is 1. The second-order valence-corrected chi connectivity index (χ2v) is 7.25. The number of fused-ring (bicyclic) bond motifs is 1. The molecule has 29 heavy (non-hydrogen) atoms. The standard InChI is InChI=1S/C22H30N6O/c1-5-28(6-2)13-7-12-23-22(29)17-10-8-16(9-11-17)19-14-18-20(26-19)24-15-25-21(18)27(3)4/h8-11,14-15H,5-7,12-13H2,1-4H3,(H,23,29)(H,24,25,26). The van der Waals surface area contributed by atoms with Gasteiger partial charge in [0.15, 0.2) is 0 Å². The van der Waals surface area contributed by atoms with Crippen molar-refractivity contribution >= 4 is 22.8 Å². The van der Waals surface area contributed by atoms with Crippen molar-refractivity contribution in [1.82, 2.24) is 25.2 Å². The number of anilines is 1. The first-order chi connectivity index (χ1) is 14.0. The van der Waals surface area contributed by atoms with Crippen LogP contribution in [0.25, 0.3) is 22.3 Å². The predicted molar refractivity (Wildman–Crippen MR) is 118 cm³/mol. The minimum absolute atomic E-state index is 0.0338. The monoisotopic (exact) mass is 394 g/mol. The van der Waals surface area contributed by atoms with Crippen LogP contribution in [0.15, 0.2) is 36.7 Å². The van der Waals surface area contributed by atoms with Gasteiger partial charge in [-0.1, -0.05) is 26.0 Å². The highest BCUT2D eigenvalue weighted by Gasteiger charge is 2.11.